The van der Waals surface area contributed by atoms with Crippen LogP contribution in [0.25, 0.3) is 0 Å². The van der Waals surface area contributed by atoms with Crippen LogP contribution in [0.4, 0.5) is 0 Å². The van der Waals surface area contributed by atoms with E-state index in [-0.39, 0.29) is 42.6 Å². The molecule has 1 N–H and O–H groups in total. The summed E-state index contributed by atoms with van der Waals surface area (Å²) in [6, 6.07) is 0. The maximum atomic E-state index is 0. The van der Waals surface area contributed by atoms with Gasteiger partial charge in [-0.15, -0.1) is 0 Å². The molecule has 5 heavy (non-hydrogen) atoms. The third-order valence-corrected chi connectivity index (χ3v) is 0. The van der Waals surface area contributed by atoms with Gasteiger partial charge in [-0.1, -0.05) is 0 Å². The molecule has 0 spiro atoms. The van der Waals surface area contributed by atoms with Gasteiger partial charge in [-0.25, -0.2) is 0 Å². The Balaban J connectivity index is 0. The minimum atomic E-state index is 0. The van der Waals surface area contributed by atoms with Crippen molar-refractivity contribution in [1.29, 1.82) is 0 Å². The Morgan fingerprint density at radius 3 is 0.600 bits per heavy atom. The molecular weight excluding hydrogens is 97.3 g/mol. The van der Waals surface area contributed by atoms with Crippen LogP contribution in [0, 0.1) is 0 Å². The zero-order valence-electron chi connectivity index (χ0n) is 2.29. The third-order valence-electron chi connectivity index (χ3n) is 0. The average Bonchev–Trinajstić information content (AvgIpc) is 0. The van der Waals surface area contributed by atoms with Crippen LogP contribution in [0.3, 0.4) is 0 Å². The van der Waals surface area contributed by atoms with Crippen molar-refractivity contribution in [1.82, 2.24) is 0 Å². The molecule has 0 heterocycles. The average molecular weight is 98.3 g/mol. The molecule has 32 valence electrons. The second kappa shape index (κ2) is 210. The summed E-state index contributed by atoms with van der Waals surface area (Å²) < 4.78 is 0. The molecule has 0 unspecified atom stereocenters. The Kier molecular flexibility index (Phi) is 17700. The summed E-state index contributed by atoms with van der Waals surface area (Å²) in [7, 11) is 0. The molecule has 0 amide bonds. The summed E-state index contributed by atoms with van der Waals surface area (Å²) in [5.41, 5.74) is 0. The van der Waals surface area contributed by atoms with Crippen LogP contribution in [0.2, 0.25) is 0 Å². The fraction of sp³-hybridized carbons (Fsp3) is 0. The number of hydrogen-bond donors (Lipinski definition) is 0. The summed E-state index contributed by atoms with van der Waals surface area (Å²) in [6.45, 7) is 0. The quantitative estimate of drug-likeness (QED) is 0.277. The first-order valence-electron chi connectivity index (χ1n) is 0. The van der Waals surface area contributed by atoms with Crippen LogP contribution in [0.1, 0.15) is 0 Å². The Morgan fingerprint density at radius 2 is 0.600 bits per heavy atom. The molecule has 0 aliphatic rings. The minimum Gasteiger partial charge on any atom is -1.00 e. The van der Waals surface area contributed by atoms with Crippen molar-refractivity contribution in [2.45, 2.75) is 0 Å². The van der Waals surface area contributed by atoms with Gasteiger partial charge >= 0.3 is 23.1 Å². The predicted molar refractivity (Wildman–Crippen MR) is 7.69 cm³/mol. The van der Waals surface area contributed by atoms with Crippen molar-refractivity contribution >= 4 is 23.1 Å². The molecule has 1 nitrogen and oxygen atoms in total. The molecule has 0 rings (SSSR count). The molecule has 0 aliphatic heterocycles. The van der Waals surface area contributed by atoms with Crippen molar-refractivity contribution in [3.8, 4) is 0 Å². The molecule has 0 radical (unpaired) electrons. The van der Waals surface area contributed by atoms with Crippen molar-refractivity contribution < 1.29 is 19.6 Å². The van der Waals surface area contributed by atoms with Crippen LogP contribution in [-0.4, -0.2) is 28.5 Å². The van der Waals surface area contributed by atoms with E-state index in [0.29, 0.717) is 0 Å². The second-order valence-electron chi connectivity index (χ2n) is 0. The zero-order valence-corrected chi connectivity index (χ0v) is 3.70. The molecule has 5 heteroatoms. The summed E-state index contributed by atoms with van der Waals surface area (Å²) in [5.74, 6) is 0. The molecule has 0 saturated heterocycles. The van der Waals surface area contributed by atoms with Crippen molar-refractivity contribution in [2.75, 3.05) is 0 Å². The zero-order chi connectivity index (χ0) is 0. The van der Waals surface area contributed by atoms with Gasteiger partial charge in [-0.05, 0) is 0 Å². The van der Waals surface area contributed by atoms with Crippen LogP contribution < -0.4 is 14.1 Å². The molecule has 0 aromatic rings. The van der Waals surface area contributed by atoms with Gasteiger partial charge in [0, 0.05) is 0 Å². The molecule has 0 atom stereocenters. The fourth-order valence-electron chi connectivity index (χ4n) is 0. The predicted octanol–water partition coefficient (Wildman–Crippen LogP) is -9.55. The Bertz CT molecular complexity index is 6.85. The van der Waals surface area contributed by atoms with Gasteiger partial charge < -0.3 is 19.6 Å². The maximum Gasteiger partial charge on any atom is 2.00 e. The van der Waals surface area contributed by atoms with Gasteiger partial charge in [-0.3, -0.25) is 0 Å². The van der Waals surface area contributed by atoms with Gasteiger partial charge in [0.1, 0.15) is 0 Å². The van der Waals surface area contributed by atoms with E-state index in [1.807, 2.05) is 0 Å². The number of hydrogen-bond acceptors (Lipinski definition) is 1. The van der Waals surface area contributed by atoms with E-state index in [0.717, 1.165) is 0 Å². The van der Waals surface area contributed by atoms with Crippen molar-refractivity contribution in [3.63, 3.8) is 0 Å². The Hall–Kier alpha value is 0.516. The molecule has 0 aliphatic carbocycles. The Labute approximate surface area is 43.3 Å². The number of halogens is 3. The number of rotatable bonds is 0. The van der Waals surface area contributed by atoms with Crippen molar-refractivity contribution in [3.05, 3.63) is 0 Å². The largest absolute Gasteiger partial charge is 2.00 e. The normalized spacial score (nSPS) is 0. The van der Waals surface area contributed by atoms with E-state index in [2.05, 4.69) is 0 Å². The van der Waals surface area contributed by atoms with Crippen LogP contribution >= 0.6 is 0 Å². The first kappa shape index (κ1) is 422. The molecule has 0 fully saturated rings. The van der Waals surface area contributed by atoms with Gasteiger partial charge in [0.2, 0.25) is 0 Å². The smallest absolute Gasteiger partial charge is 1.00 e. The summed E-state index contributed by atoms with van der Waals surface area (Å²) in [4.78, 5) is 0. The van der Waals surface area contributed by atoms with Gasteiger partial charge in [0.15, 0.2) is 0 Å². The van der Waals surface area contributed by atoms with Crippen LogP contribution in [0.5, 0.6) is 0 Å². The van der Waals surface area contributed by atoms with E-state index in [4.69, 9.17) is 0 Å². The third kappa shape index (κ3) is 107. The Morgan fingerprint density at radius 1 is 0.600 bits per heavy atom. The van der Waals surface area contributed by atoms with Crippen LogP contribution in [0.15, 0.2) is 0 Å². The molecule has 0 aromatic heterocycles. The fourth-order valence-corrected chi connectivity index (χ4v) is 0. The SMILES string of the molecule is [F-].[F-].[F-].[Mg+2].[OH-]. The van der Waals surface area contributed by atoms with E-state index >= 15 is 0 Å². The summed E-state index contributed by atoms with van der Waals surface area (Å²) in [5, 5.41) is 0. The monoisotopic (exact) mass is 98.0 g/mol. The van der Waals surface area contributed by atoms with Gasteiger partial charge in [-0.2, -0.15) is 0 Å². The standard InChI is InChI=1S/3FH.Mg.H2O/h3*1H;;1H2/q;;;+2;/p-4. The summed E-state index contributed by atoms with van der Waals surface area (Å²) >= 11 is 0. The van der Waals surface area contributed by atoms with Gasteiger partial charge in [0.05, 0.1) is 0 Å². The topological polar surface area (TPSA) is 30.0 Å². The first-order chi connectivity index (χ1) is 0. The molecule has 0 aromatic carbocycles. The van der Waals surface area contributed by atoms with E-state index < -0.39 is 0 Å². The van der Waals surface area contributed by atoms with Gasteiger partial charge in [0.25, 0.3) is 0 Å². The van der Waals surface area contributed by atoms with E-state index in [1.165, 1.54) is 0 Å². The minimum absolute atomic E-state index is 0. The molecular formula is HF3MgO-2. The van der Waals surface area contributed by atoms with Crippen LogP contribution in [-0.2, 0) is 0 Å². The van der Waals surface area contributed by atoms with E-state index in [9.17, 15) is 0 Å². The molecule has 0 saturated carbocycles. The second-order valence-corrected chi connectivity index (χ2v) is 0. The molecule has 0 bridgehead atoms. The summed E-state index contributed by atoms with van der Waals surface area (Å²) in [6.07, 6.45) is 0. The van der Waals surface area contributed by atoms with Crippen molar-refractivity contribution in [2.24, 2.45) is 0 Å². The maximum absolute atomic E-state index is 0. The first-order valence-corrected chi connectivity index (χ1v) is 0. The van der Waals surface area contributed by atoms with E-state index in [1.54, 1.807) is 0 Å².